The molecule has 0 unspecified atom stereocenters. The molecule has 54 heavy (non-hydrogen) atoms. The minimum absolute atomic E-state index is 0.0125. The van der Waals surface area contributed by atoms with Gasteiger partial charge in [-0.15, -0.1) is 0 Å². The van der Waals surface area contributed by atoms with Crippen LogP contribution >= 0.6 is 0 Å². The second-order valence-electron chi connectivity index (χ2n) is 15.9. The molecule has 3 N–H and O–H groups in total. The summed E-state index contributed by atoms with van der Waals surface area (Å²) in [6, 6.07) is 14.9. The van der Waals surface area contributed by atoms with Crippen LogP contribution in [-0.4, -0.2) is 84.6 Å². The predicted molar refractivity (Wildman–Crippen MR) is 202 cm³/mol. The molecule has 3 heterocycles. The number of ether oxygens (including phenoxy) is 2. The van der Waals surface area contributed by atoms with E-state index in [1.54, 1.807) is 19.3 Å². The van der Waals surface area contributed by atoms with Crippen molar-refractivity contribution in [2.75, 3.05) is 13.7 Å². The van der Waals surface area contributed by atoms with Crippen LogP contribution in [0, 0.1) is 11.3 Å². The molecule has 286 valence electrons. The number of nitrogens with one attached hydrogen (secondary N) is 3. The van der Waals surface area contributed by atoms with Crippen LogP contribution in [0.3, 0.4) is 0 Å². The number of carbonyl (C=O) groups is 4. The molecule has 2 aliphatic carbocycles. The van der Waals surface area contributed by atoms with E-state index in [0.717, 1.165) is 5.56 Å². The van der Waals surface area contributed by atoms with Crippen LogP contribution in [0.15, 0.2) is 66.7 Å². The number of fused-ring (bicyclic) bond motifs is 3. The van der Waals surface area contributed by atoms with Crippen molar-refractivity contribution in [2.24, 2.45) is 11.3 Å². The van der Waals surface area contributed by atoms with Crippen molar-refractivity contribution in [3.8, 4) is 22.8 Å². The van der Waals surface area contributed by atoms with Gasteiger partial charge in [-0.1, -0.05) is 63.3 Å². The Balaban J connectivity index is 1.24. The summed E-state index contributed by atoms with van der Waals surface area (Å²) < 4.78 is 40.1. The molecule has 4 amide bonds. The highest BCUT2D eigenvalue weighted by atomic mass is 32.2. The SMILES string of the molecule is COc1ccc2c(O[C@@H]3C[C@H]4C(=O)N[C@@]5(C(=O)NS(=O)(=O)C6CC6)C[C@@H]5/C=C\CCCC(=O)N[C@H](C(C)(C)C)C(=O)N4C3)cc(-c3ccccc3)nc2c1. The fourth-order valence-electron chi connectivity index (χ4n) is 7.37. The van der Waals surface area contributed by atoms with Crippen molar-refractivity contribution in [3.63, 3.8) is 0 Å². The Hall–Kier alpha value is -4.98. The van der Waals surface area contributed by atoms with Gasteiger partial charge in [0, 0.05) is 41.8 Å². The number of rotatable bonds is 7. The number of pyridine rings is 1. The monoisotopic (exact) mass is 757 g/mol. The third-order valence-electron chi connectivity index (χ3n) is 10.7. The fraction of sp³-hybridized carbons (Fsp3) is 0.475. The normalized spacial score (nSPS) is 27.0. The maximum absolute atomic E-state index is 14.6. The number of aromatic nitrogens is 1. The molecular weight excluding hydrogens is 711 g/mol. The van der Waals surface area contributed by atoms with Crippen molar-refractivity contribution >= 4 is 44.6 Å². The number of carbonyl (C=O) groups excluding carboxylic acids is 4. The number of hydrogen-bond donors (Lipinski definition) is 3. The van der Waals surface area contributed by atoms with Crippen LogP contribution < -0.4 is 24.8 Å². The molecule has 3 aromatic rings. The maximum atomic E-state index is 14.6. The number of sulfonamides is 1. The van der Waals surface area contributed by atoms with Gasteiger partial charge < -0.3 is 25.0 Å². The number of nitrogens with zero attached hydrogens (tertiary/aromatic N) is 2. The summed E-state index contributed by atoms with van der Waals surface area (Å²) in [6.45, 7) is 5.56. The molecule has 3 fully saturated rings. The van der Waals surface area contributed by atoms with Crippen LogP contribution in [0.4, 0.5) is 0 Å². The van der Waals surface area contributed by atoms with E-state index >= 15 is 0 Å². The lowest BCUT2D eigenvalue weighted by atomic mass is 9.85. The van der Waals surface area contributed by atoms with Crippen LogP contribution in [0.1, 0.15) is 65.7 Å². The lowest BCUT2D eigenvalue weighted by Gasteiger charge is -2.35. The van der Waals surface area contributed by atoms with Gasteiger partial charge in [0.1, 0.15) is 35.2 Å². The van der Waals surface area contributed by atoms with E-state index in [4.69, 9.17) is 14.5 Å². The third kappa shape index (κ3) is 7.66. The van der Waals surface area contributed by atoms with E-state index in [-0.39, 0.29) is 31.7 Å². The zero-order valence-corrected chi connectivity index (χ0v) is 31.8. The Labute approximate surface area is 315 Å². The number of methoxy groups -OCH3 is 1. The average molecular weight is 758 g/mol. The van der Waals surface area contributed by atoms with E-state index in [9.17, 15) is 27.6 Å². The Morgan fingerprint density at radius 1 is 1.06 bits per heavy atom. The highest BCUT2D eigenvalue weighted by molar-refractivity contribution is 7.91. The van der Waals surface area contributed by atoms with Gasteiger partial charge in [0.15, 0.2) is 0 Å². The Morgan fingerprint density at radius 3 is 2.52 bits per heavy atom. The molecule has 7 rings (SSSR count). The molecule has 2 aliphatic heterocycles. The van der Waals surface area contributed by atoms with Gasteiger partial charge in [0.25, 0.3) is 5.91 Å². The van der Waals surface area contributed by atoms with Gasteiger partial charge in [-0.25, -0.2) is 13.4 Å². The molecular formula is C40H47N5O8S. The predicted octanol–water partition coefficient (Wildman–Crippen LogP) is 4.01. The summed E-state index contributed by atoms with van der Waals surface area (Å²) in [5, 5.41) is 5.92. The van der Waals surface area contributed by atoms with Crippen molar-refractivity contribution in [1.29, 1.82) is 0 Å². The van der Waals surface area contributed by atoms with Gasteiger partial charge in [-0.2, -0.15) is 0 Å². The summed E-state index contributed by atoms with van der Waals surface area (Å²) >= 11 is 0. The maximum Gasteiger partial charge on any atom is 0.259 e. The molecule has 1 saturated heterocycles. The lowest BCUT2D eigenvalue weighted by molar-refractivity contribution is -0.144. The zero-order valence-electron chi connectivity index (χ0n) is 31.0. The standard InChI is InChI=1S/C40H47N5O8S/c1-39(2,3)35-37(48)45-23-27(53-33-21-30(24-11-7-5-8-12-24)41-31-19-26(52-4)15-18-29(31)33)20-32(45)36(47)43-40(38(49)44-54(50,51)28-16-17-28)22-25(40)13-9-6-10-14-34(46)42-35/h5,7-9,11-13,15,18-19,21,25,27-28,32,35H,6,10,14,16-17,20,22-23H2,1-4H3,(H,42,46)(H,43,47)(H,44,49)/b13-9-/t25-,27+,32-,35-,40-/m0/s1. The molecule has 2 aromatic carbocycles. The van der Waals surface area contributed by atoms with Crippen LogP contribution in [0.5, 0.6) is 11.5 Å². The Bertz CT molecular complexity index is 2110. The zero-order chi connectivity index (χ0) is 38.4. The van der Waals surface area contributed by atoms with E-state index in [1.807, 2.05) is 75.4 Å². The van der Waals surface area contributed by atoms with E-state index in [1.165, 1.54) is 4.90 Å². The van der Waals surface area contributed by atoms with Crippen molar-refractivity contribution in [3.05, 3.63) is 66.7 Å². The largest absolute Gasteiger partial charge is 0.497 e. The number of allylic oxidation sites excluding steroid dienone is 1. The van der Waals surface area contributed by atoms with Crippen LogP contribution in [-0.2, 0) is 29.2 Å². The summed E-state index contributed by atoms with van der Waals surface area (Å²) in [5.74, 6) is -1.48. The van der Waals surface area contributed by atoms with E-state index in [0.29, 0.717) is 53.8 Å². The fourth-order valence-corrected chi connectivity index (χ4v) is 8.73. The summed E-state index contributed by atoms with van der Waals surface area (Å²) in [5.41, 5.74) is -0.0722. The van der Waals surface area contributed by atoms with Crippen LogP contribution in [0.2, 0.25) is 0 Å². The quantitative estimate of drug-likeness (QED) is 0.301. The Kier molecular flexibility index (Phi) is 9.92. The summed E-state index contributed by atoms with van der Waals surface area (Å²) in [4.78, 5) is 62.3. The van der Waals surface area contributed by atoms with Gasteiger partial charge in [0.05, 0.1) is 30.1 Å². The second kappa shape index (κ2) is 14.3. The van der Waals surface area contributed by atoms with Crippen LogP contribution in [0.25, 0.3) is 22.2 Å². The average Bonchev–Trinajstić information content (AvgIpc) is 4.06. The van der Waals surface area contributed by atoms with Crippen molar-refractivity contribution < 1.29 is 37.1 Å². The van der Waals surface area contributed by atoms with Gasteiger partial charge in [-0.3, -0.25) is 23.9 Å². The number of hydrogen-bond acceptors (Lipinski definition) is 9. The molecule has 2 saturated carbocycles. The summed E-state index contributed by atoms with van der Waals surface area (Å²) in [6.07, 6.45) is 5.40. The minimum atomic E-state index is -3.89. The third-order valence-corrected chi connectivity index (χ3v) is 12.5. The van der Waals surface area contributed by atoms with Crippen molar-refractivity contribution in [1.82, 2.24) is 25.2 Å². The first-order chi connectivity index (χ1) is 25.7. The molecule has 0 radical (unpaired) electrons. The molecule has 4 aliphatic rings. The van der Waals surface area contributed by atoms with Gasteiger partial charge in [-0.05, 0) is 49.7 Å². The number of amides is 4. The van der Waals surface area contributed by atoms with E-state index < -0.39 is 68.1 Å². The topological polar surface area (TPSA) is 173 Å². The molecule has 0 spiro atoms. The highest BCUT2D eigenvalue weighted by Gasteiger charge is 2.62. The van der Waals surface area contributed by atoms with E-state index in [2.05, 4.69) is 15.4 Å². The van der Waals surface area contributed by atoms with Crippen molar-refractivity contribution in [2.45, 2.75) is 94.7 Å². The highest BCUT2D eigenvalue weighted by Crippen LogP contribution is 2.46. The first-order valence-corrected chi connectivity index (χ1v) is 20.1. The first-order valence-electron chi connectivity index (χ1n) is 18.5. The smallest absolute Gasteiger partial charge is 0.259 e. The molecule has 0 bridgehead atoms. The molecule has 5 atom stereocenters. The summed E-state index contributed by atoms with van der Waals surface area (Å²) in [7, 11) is -2.32. The Morgan fingerprint density at radius 2 is 1.81 bits per heavy atom. The lowest BCUT2D eigenvalue weighted by Crippen LogP contribution is -2.60. The van der Waals surface area contributed by atoms with Gasteiger partial charge >= 0.3 is 0 Å². The second-order valence-corrected chi connectivity index (χ2v) is 17.8. The van der Waals surface area contributed by atoms with Gasteiger partial charge in [0.2, 0.25) is 27.7 Å². The minimum Gasteiger partial charge on any atom is -0.497 e. The molecule has 14 heteroatoms. The molecule has 1 aromatic heterocycles. The first kappa shape index (κ1) is 37.3. The molecule has 13 nitrogen and oxygen atoms in total. The number of benzene rings is 2.